The third kappa shape index (κ3) is 3.89. The number of hydrogen-bond donors (Lipinski definition) is 1. The zero-order chi connectivity index (χ0) is 18.7. The second-order valence-electron chi connectivity index (χ2n) is 5.49. The highest BCUT2D eigenvalue weighted by Gasteiger charge is 2.25. The summed E-state index contributed by atoms with van der Waals surface area (Å²) >= 11 is 3.26. The molecule has 2 aromatic rings. The number of fused-ring (bicyclic) bond motifs is 1. The molecule has 7 nitrogen and oxygen atoms in total. The van der Waals surface area contributed by atoms with Crippen LogP contribution < -0.4 is 23.7 Å². The van der Waals surface area contributed by atoms with Crippen molar-refractivity contribution in [3.05, 3.63) is 40.9 Å². The topological polar surface area (TPSA) is 83.1 Å². The first-order valence-electron chi connectivity index (χ1n) is 7.74. The van der Waals surface area contributed by atoms with Gasteiger partial charge >= 0.3 is 0 Å². The van der Waals surface area contributed by atoms with E-state index in [0.29, 0.717) is 27.5 Å². The van der Waals surface area contributed by atoms with Crippen LogP contribution in [0.25, 0.3) is 0 Å². The lowest BCUT2D eigenvalue weighted by Crippen LogP contribution is -2.40. The third-order valence-electron chi connectivity index (χ3n) is 3.80. The molecule has 0 radical (unpaired) electrons. The van der Waals surface area contributed by atoms with Gasteiger partial charge in [-0.1, -0.05) is 12.1 Å². The summed E-state index contributed by atoms with van der Waals surface area (Å²) in [7, 11) is -0.867. The van der Waals surface area contributed by atoms with Crippen LogP contribution in [-0.2, 0) is 10.0 Å². The Kier molecular flexibility index (Phi) is 5.59. The molecule has 0 spiro atoms. The van der Waals surface area contributed by atoms with Crippen LogP contribution in [0.5, 0.6) is 23.0 Å². The van der Waals surface area contributed by atoms with E-state index in [2.05, 4.69) is 20.7 Å². The Hall–Kier alpha value is -1.97. The number of rotatable bonds is 6. The van der Waals surface area contributed by atoms with E-state index in [-0.39, 0.29) is 18.0 Å². The molecule has 3 rings (SSSR count). The number of methoxy groups -OCH3 is 2. The van der Waals surface area contributed by atoms with Gasteiger partial charge in [0.2, 0.25) is 10.0 Å². The highest BCUT2D eigenvalue weighted by molar-refractivity contribution is 9.10. The molecule has 0 aliphatic carbocycles. The standard InChI is InChI=1S/C17H18BrNO6S/c1-22-15-7-12(18)17(8-16(15)23-2)26(20,21)19-9-11-10-24-13-5-3-4-6-14(13)25-11/h3-8,11,19H,9-10H2,1-2H3. The predicted molar refractivity (Wildman–Crippen MR) is 98.8 cm³/mol. The number of nitrogens with one attached hydrogen (secondary N) is 1. The highest BCUT2D eigenvalue weighted by atomic mass is 79.9. The van der Waals surface area contributed by atoms with Crippen molar-refractivity contribution in [1.82, 2.24) is 4.72 Å². The van der Waals surface area contributed by atoms with Crippen molar-refractivity contribution in [3.63, 3.8) is 0 Å². The lowest BCUT2D eigenvalue weighted by molar-refractivity contribution is 0.0943. The number of hydrogen-bond acceptors (Lipinski definition) is 6. The molecule has 1 N–H and O–H groups in total. The lowest BCUT2D eigenvalue weighted by atomic mass is 10.2. The van der Waals surface area contributed by atoms with Crippen LogP contribution in [0.1, 0.15) is 0 Å². The fourth-order valence-electron chi connectivity index (χ4n) is 2.49. The Labute approximate surface area is 160 Å². The molecule has 26 heavy (non-hydrogen) atoms. The lowest BCUT2D eigenvalue weighted by Gasteiger charge is -2.26. The first kappa shape index (κ1) is 18.8. The van der Waals surface area contributed by atoms with E-state index in [0.717, 1.165) is 0 Å². The number of para-hydroxylation sites is 2. The molecular weight excluding hydrogens is 426 g/mol. The summed E-state index contributed by atoms with van der Waals surface area (Å²) < 4.78 is 50.0. The van der Waals surface area contributed by atoms with E-state index in [1.165, 1.54) is 20.3 Å². The zero-order valence-electron chi connectivity index (χ0n) is 14.2. The van der Waals surface area contributed by atoms with Crippen molar-refractivity contribution in [3.8, 4) is 23.0 Å². The van der Waals surface area contributed by atoms with Gasteiger partial charge in [-0.25, -0.2) is 13.1 Å². The summed E-state index contributed by atoms with van der Waals surface area (Å²) in [4.78, 5) is 0.0484. The van der Waals surface area contributed by atoms with Gasteiger partial charge in [-0.05, 0) is 34.1 Å². The van der Waals surface area contributed by atoms with E-state index in [4.69, 9.17) is 18.9 Å². The Morgan fingerprint density at radius 3 is 2.50 bits per heavy atom. The summed E-state index contributed by atoms with van der Waals surface area (Å²) in [5.74, 6) is 1.99. The monoisotopic (exact) mass is 443 g/mol. The van der Waals surface area contributed by atoms with Crippen LogP contribution in [0.4, 0.5) is 0 Å². The number of halogens is 1. The van der Waals surface area contributed by atoms with Gasteiger partial charge < -0.3 is 18.9 Å². The van der Waals surface area contributed by atoms with E-state index in [1.54, 1.807) is 18.2 Å². The predicted octanol–water partition coefficient (Wildman–Crippen LogP) is 2.58. The van der Waals surface area contributed by atoms with Crippen LogP contribution in [0.2, 0.25) is 0 Å². The number of sulfonamides is 1. The van der Waals surface area contributed by atoms with Crippen LogP contribution >= 0.6 is 15.9 Å². The van der Waals surface area contributed by atoms with Gasteiger partial charge in [0.1, 0.15) is 17.6 Å². The van der Waals surface area contributed by atoms with Crippen molar-refractivity contribution in [2.45, 2.75) is 11.0 Å². The first-order valence-corrected chi connectivity index (χ1v) is 10.0. The van der Waals surface area contributed by atoms with Crippen LogP contribution in [-0.4, -0.2) is 41.9 Å². The largest absolute Gasteiger partial charge is 0.493 e. The second kappa shape index (κ2) is 7.73. The first-order chi connectivity index (χ1) is 12.4. The molecule has 1 unspecified atom stereocenters. The van der Waals surface area contributed by atoms with E-state index < -0.39 is 16.1 Å². The highest BCUT2D eigenvalue weighted by Crippen LogP contribution is 2.35. The quantitative estimate of drug-likeness (QED) is 0.738. The smallest absolute Gasteiger partial charge is 0.241 e. The molecule has 1 aliphatic heterocycles. The molecule has 0 aromatic heterocycles. The molecule has 0 saturated heterocycles. The van der Waals surface area contributed by atoms with Gasteiger partial charge in [-0.15, -0.1) is 0 Å². The molecule has 0 fully saturated rings. The molecule has 0 amide bonds. The van der Waals surface area contributed by atoms with Gasteiger partial charge in [0, 0.05) is 10.5 Å². The van der Waals surface area contributed by atoms with Crippen molar-refractivity contribution in [2.24, 2.45) is 0 Å². The maximum absolute atomic E-state index is 12.7. The van der Waals surface area contributed by atoms with E-state index >= 15 is 0 Å². The Morgan fingerprint density at radius 2 is 1.81 bits per heavy atom. The molecular formula is C17H18BrNO6S. The normalized spacial score (nSPS) is 16.2. The van der Waals surface area contributed by atoms with Gasteiger partial charge in [0.25, 0.3) is 0 Å². The van der Waals surface area contributed by atoms with Crippen LogP contribution in [0.3, 0.4) is 0 Å². The maximum Gasteiger partial charge on any atom is 0.241 e. The minimum atomic E-state index is -3.79. The van der Waals surface area contributed by atoms with E-state index in [9.17, 15) is 8.42 Å². The third-order valence-corrected chi connectivity index (χ3v) is 6.18. The van der Waals surface area contributed by atoms with Crippen molar-refractivity contribution in [2.75, 3.05) is 27.4 Å². The summed E-state index contributed by atoms with van der Waals surface area (Å²) in [6.45, 7) is 0.324. The molecule has 1 atom stereocenters. The second-order valence-corrected chi connectivity index (χ2v) is 8.08. The Morgan fingerprint density at radius 1 is 1.15 bits per heavy atom. The fourth-order valence-corrected chi connectivity index (χ4v) is 4.59. The summed E-state index contributed by atoms with van der Waals surface area (Å²) in [5, 5.41) is 0. The van der Waals surface area contributed by atoms with Crippen molar-refractivity contribution < 1.29 is 27.4 Å². The Balaban J connectivity index is 1.74. The van der Waals surface area contributed by atoms with Gasteiger partial charge in [-0.2, -0.15) is 0 Å². The molecule has 0 saturated carbocycles. The number of benzene rings is 2. The molecule has 0 bridgehead atoms. The minimum Gasteiger partial charge on any atom is -0.493 e. The average Bonchev–Trinajstić information content (AvgIpc) is 2.65. The van der Waals surface area contributed by atoms with Gasteiger partial charge in [0.05, 0.1) is 20.8 Å². The van der Waals surface area contributed by atoms with Gasteiger partial charge in [0.15, 0.2) is 23.0 Å². The fraction of sp³-hybridized carbons (Fsp3) is 0.294. The van der Waals surface area contributed by atoms with Gasteiger partial charge in [-0.3, -0.25) is 0 Å². The van der Waals surface area contributed by atoms with Crippen molar-refractivity contribution in [1.29, 1.82) is 0 Å². The summed E-state index contributed by atoms with van der Waals surface area (Å²) in [6.07, 6.45) is -0.432. The summed E-state index contributed by atoms with van der Waals surface area (Å²) in [6, 6.07) is 10.2. The maximum atomic E-state index is 12.7. The van der Waals surface area contributed by atoms with Crippen LogP contribution in [0.15, 0.2) is 45.8 Å². The minimum absolute atomic E-state index is 0.0484. The average molecular weight is 444 g/mol. The molecule has 1 heterocycles. The molecule has 140 valence electrons. The zero-order valence-corrected chi connectivity index (χ0v) is 16.6. The van der Waals surface area contributed by atoms with E-state index in [1.807, 2.05) is 12.1 Å². The Bertz CT molecular complexity index is 902. The summed E-state index contributed by atoms with van der Waals surface area (Å²) in [5.41, 5.74) is 0. The number of ether oxygens (including phenoxy) is 4. The van der Waals surface area contributed by atoms with Crippen molar-refractivity contribution >= 4 is 26.0 Å². The molecule has 1 aliphatic rings. The molecule has 9 heteroatoms. The molecule has 2 aromatic carbocycles. The van der Waals surface area contributed by atoms with Crippen LogP contribution in [0, 0.1) is 0 Å². The SMILES string of the molecule is COc1cc(Br)c(S(=O)(=O)NCC2COc3ccccc3O2)cc1OC.